The van der Waals surface area contributed by atoms with Crippen LogP contribution in [0.5, 0.6) is 0 Å². The van der Waals surface area contributed by atoms with Crippen molar-refractivity contribution in [3.05, 3.63) is 35.1 Å². The second kappa shape index (κ2) is 5.93. The van der Waals surface area contributed by atoms with Crippen LogP contribution in [0.4, 0.5) is 0 Å². The molecule has 0 N–H and O–H groups in total. The highest BCUT2D eigenvalue weighted by molar-refractivity contribution is 7.17. The van der Waals surface area contributed by atoms with E-state index < -0.39 is 0 Å². The number of carbonyl (C=O) groups excluding carboxylic acids is 1. The largest absolute Gasteiger partial charge is 0.338 e. The van der Waals surface area contributed by atoms with Gasteiger partial charge < -0.3 is 4.90 Å². The molecule has 2 aromatic rings. The van der Waals surface area contributed by atoms with E-state index in [1.54, 1.807) is 12.4 Å². The number of aryl methyl sites for hydroxylation is 1. The first-order valence-corrected chi connectivity index (χ1v) is 8.14. The summed E-state index contributed by atoms with van der Waals surface area (Å²) in [6.45, 7) is 5.88. The highest BCUT2D eigenvalue weighted by Crippen LogP contribution is 2.29. The number of carbonyl (C=O) groups is 1. The van der Waals surface area contributed by atoms with Gasteiger partial charge in [0.25, 0.3) is 5.91 Å². The topological polar surface area (TPSA) is 46.1 Å². The van der Waals surface area contributed by atoms with Crippen LogP contribution in [0.2, 0.25) is 0 Å². The molecule has 1 saturated heterocycles. The van der Waals surface area contributed by atoms with Crippen LogP contribution in [0.1, 0.15) is 35.1 Å². The quantitative estimate of drug-likeness (QED) is 0.854. The average Bonchev–Trinajstić information content (AvgIpc) is 2.90. The summed E-state index contributed by atoms with van der Waals surface area (Å²) in [6, 6.07) is 3.86. The molecule has 0 atom stereocenters. The first kappa shape index (κ1) is 14.2. The maximum Gasteiger partial charge on any atom is 0.265 e. The zero-order valence-corrected chi connectivity index (χ0v) is 13.2. The fourth-order valence-electron chi connectivity index (χ4n) is 2.56. The van der Waals surface area contributed by atoms with Gasteiger partial charge in [-0.2, -0.15) is 0 Å². The molecule has 0 saturated carbocycles. The number of pyridine rings is 1. The molecule has 5 heteroatoms. The normalized spacial score (nSPS) is 16.2. The van der Waals surface area contributed by atoms with Gasteiger partial charge in [0, 0.05) is 31.0 Å². The molecule has 21 heavy (non-hydrogen) atoms. The Balaban J connectivity index is 1.83. The van der Waals surface area contributed by atoms with Crippen molar-refractivity contribution in [2.24, 2.45) is 5.92 Å². The van der Waals surface area contributed by atoms with Gasteiger partial charge in [-0.1, -0.05) is 6.92 Å². The molecule has 3 rings (SSSR count). The highest BCUT2D eigenvalue weighted by atomic mass is 32.1. The summed E-state index contributed by atoms with van der Waals surface area (Å²) in [6.07, 6.45) is 5.72. The number of aromatic nitrogens is 2. The number of hydrogen-bond donors (Lipinski definition) is 0. The number of likely N-dealkylation sites (tertiary alicyclic amines) is 1. The number of hydrogen-bond acceptors (Lipinski definition) is 4. The molecule has 0 bridgehead atoms. The summed E-state index contributed by atoms with van der Waals surface area (Å²) in [5.74, 6) is 0.856. The smallest absolute Gasteiger partial charge is 0.265 e. The van der Waals surface area contributed by atoms with E-state index >= 15 is 0 Å². The van der Waals surface area contributed by atoms with E-state index in [9.17, 15) is 4.79 Å². The zero-order chi connectivity index (χ0) is 14.8. The van der Waals surface area contributed by atoms with Gasteiger partial charge in [0.1, 0.15) is 9.88 Å². The van der Waals surface area contributed by atoms with Crippen molar-refractivity contribution in [2.45, 2.75) is 26.7 Å². The summed E-state index contributed by atoms with van der Waals surface area (Å²) >= 11 is 1.47. The molecule has 0 aromatic carbocycles. The van der Waals surface area contributed by atoms with E-state index in [1.807, 2.05) is 24.0 Å². The minimum absolute atomic E-state index is 0.132. The number of piperidine rings is 1. The van der Waals surface area contributed by atoms with Crippen molar-refractivity contribution in [1.29, 1.82) is 0 Å². The van der Waals surface area contributed by atoms with Crippen LogP contribution in [0.3, 0.4) is 0 Å². The maximum absolute atomic E-state index is 12.7. The summed E-state index contributed by atoms with van der Waals surface area (Å²) in [5.41, 5.74) is 1.79. The number of rotatable bonds is 2. The molecular weight excluding hydrogens is 282 g/mol. The highest BCUT2D eigenvalue weighted by Gasteiger charge is 2.25. The van der Waals surface area contributed by atoms with Gasteiger partial charge in [0.05, 0.1) is 5.69 Å². The van der Waals surface area contributed by atoms with E-state index in [2.05, 4.69) is 16.9 Å². The van der Waals surface area contributed by atoms with Crippen molar-refractivity contribution in [3.8, 4) is 10.6 Å². The number of nitrogens with zero attached hydrogens (tertiary/aromatic N) is 3. The Morgan fingerprint density at radius 1 is 1.38 bits per heavy atom. The van der Waals surface area contributed by atoms with Crippen molar-refractivity contribution in [1.82, 2.24) is 14.9 Å². The third-order valence-electron chi connectivity index (χ3n) is 3.97. The van der Waals surface area contributed by atoms with Gasteiger partial charge in [-0.25, -0.2) is 4.98 Å². The first-order valence-electron chi connectivity index (χ1n) is 7.32. The lowest BCUT2D eigenvalue weighted by Crippen LogP contribution is -2.37. The van der Waals surface area contributed by atoms with Gasteiger partial charge in [-0.05, 0) is 37.8 Å². The van der Waals surface area contributed by atoms with E-state index in [4.69, 9.17) is 0 Å². The lowest BCUT2D eigenvalue weighted by molar-refractivity contribution is 0.0701. The predicted octanol–water partition coefficient (Wildman–Crippen LogP) is 3.39. The van der Waals surface area contributed by atoms with Gasteiger partial charge >= 0.3 is 0 Å². The molecule has 0 radical (unpaired) electrons. The summed E-state index contributed by atoms with van der Waals surface area (Å²) in [7, 11) is 0. The third kappa shape index (κ3) is 2.97. The summed E-state index contributed by atoms with van der Waals surface area (Å²) in [4.78, 5) is 24.0. The minimum atomic E-state index is 0.132. The standard InChI is InChI=1S/C16H19N3OS/c1-11-5-8-19(9-6-11)16(20)14-12(2)18-15(21-14)13-4-3-7-17-10-13/h3-4,7,10-11H,5-6,8-9H2,1-2H3. The maximum atomic E-state index is 12.7. The second-order valence-corrected chi connectivity index (χ2v) is 6.65. The van der Waals surface area contributed by atoms with Crippen molar-refractivity contribution < 1.29 is 4.79 Å². The second-order valence-electron chi connectivity index (χ2n) is 5.65. The molecule has 110 valence electrons. The van der Waals surface area contributed by atoms with Crippen LogP contribution in [0.25, 0.3) is 10.6 Å². The SMILES string of the molecule is Cc1nc(-c2cccnc2)sc1C(=O)N1CCC(C)CC1. The average molecular weight is 301 g/mol. The molecule has 0 aliphatic carbocycles. The molecule has 3 heterocycles. The van der Waals surface area contributed by atoms with Crippen LogP contribution in [-0.4, -0.2) is 33.9 Å². The predicted molar refractivity (Wildman–Crippen MR) is 84.4 cm³/mol. The van der Waals surface area contributed by atoms with Crippen molar-refractivity contribution >= 4 is 17.2 Å². The Hall–Kier alpha value is -1.75. The summed E-state index contributed by atoms with van der Waals surface area (Å²) in [5, 5.41) is 0.870. The van der Waals surface area contributed by atoms with Gasteiger partial charge in [0.2, 0.25) is 0 Å². The van der Waals surface area contributed by atoms with Crippen LogP contribution in [0, 0.1) is 12.8 Å². The Bertz CT molecular complexity index is 630. The fraction of sp³-hybridized carbons (Fsp3) is 0.438. The molecule has 1 amide bonds. The Morgan fingerprint density at radius 3 is 2.81 bits per heavy atom. The minimum Gasteiger partial charge on any atom is -0.338 e. The Morgan fingerprint density at radius 2 is 2.14 bits per heavy atom. The molecule has 1 aliphatic heterocycles. The molecule has 0 spiro atoms. The zero-order valence-electron chi connectivity index (χ0n) is 12.4. The molecule has 2 aromatic heterocycles. The van der Waals surface area contributed by atoms with Gasteiger partial charge in [0.15, 0.2) is 0 Å². The lowest BCUT2D eigenvalue weighted by Gasteiger charge is -2.30. The molecule has 1 aliphatic rings. The molecule has 1 fully saturated rings. The number of amides is 1. The first-order chi connectivity index (χ1) is 10.1. The van der Waals surface area contributed by atoms with Crippen LogP contribution >= 0.6 is 11.3 Å². The Kier molecular flexibility index (Phi) is 4.01. The molecule has 0 unspecified atom stereocenters. The van der Waals surface area contributed by atoms with E-state index in [0.717, 1.165) is 53.0 Å². The van der Waals surface area contributed by atoms with Gasteiger partial charge in [-0.3, -0.25) is 9.78 Å². The van der Waals surface area contributed by atoms with E-state index in [-0.39, 0.29) is 5.91 Å². The van der Waals surface area contributed by atoms with E-state index in [0.29, 0.717) is 0 Å². The lowest BCUT2D eigenvalue weighted by atomic mass is 9.99. The van der Waals surface area contributed by atoms with Crippen LogP contribution < -0.4 is 0 Å². The third-order valence-corrected chi connectivity index (χ3v) is 5.16. The number of thiazole rings is 1. The monoisotopic (exact) mass is 301 g/mol. The molecular formula is C16H19N3OS. The summed E-state index contributed by atoms with van der Waals surface area (Å²) < 4.78 is 0. The molecule has 4 nitrogen and oxygen atoms in total. The van der Waals surface area contributed by atoms with Gasteiger partial charge in [-0.15, -0.1) is 11.3 Å². The van der Waals surface area contributed by atoms with E-state index in [1.165, 1.54) is 11.3 Å². The fourth-order valence-corrected chi connectivity index (χ4v) is 3.59. The van der Waals surface area contributed by atoms with Crippen molar-refractivity contribution in [2.75, 3.05) is 13.1 Å². The van der Waals surface area contributed by atoms with Crippen LogP contribution in [-0.2, 0) is 0 Å². The Labute approximate surface area is 128 Å². The van der Waals surface area contributed by atoms with Crippen molar-refractivity contribution in [3.63, 3.8) is 0 Å². The van der Waals surface area contributed by atoms with Crippen LogP contribution in [0.15, 0.2) is 24.5 Å².